The van der Waals surface area contributed by atoms with Gasteiger partial charge in [0.2, 0.25) is 0 Å². The maximum absolute atomic E-state index is 5.95. The van der Waals surface area contributed by atoms with Crippen molar-refractivity contribution >= 4 is 0 Å². The smallest absolute Gasteiger partial charge is 0.0110 e. The molecule has 0 spiro atoms. The van der Waals surface area contributed by atoms with Crippen LogP contribution >= 0.6 is 0 Å². The maximum atomic E-state index is 5.95. The second kappa shape index (κ2) is 7.61. The van der Waals surface area contributed by atoms with Gasteiger partial charge in [-0.3, -0.25) is 0 Å². The molecule has 1 heterocycles. The third-order valence-electron chi connectivity index (χ3n) is 4.95. The number of rotatable bonds is 5. The van der Waals surface area contributed by atoms with Gasteiger partial charge >= 0.3 is 0 Å². The topological polar surface area (TPSA) is 32.5 Å². The molecule has 2 unspecified atom stereocenters. The molecule has 0 aromatic rings. The molecule has 112 valence electrons. The van der Waals surface area contributed by atoms with Crippen LogP contribution in [-0.4, -0.2) is 55.6 Å². The molecule has 0 radical (unpaired) electrons. The molecule has 0 aromatic carbocycles. The molecule has 0 aromatic heterocycles. The fourth-order valence-electron chi connectivity index (χ4n) is 3.84. The van der Waals surface area contributed by atoms with Gasteiger partial charge in [0.05, 0.1) is 0 Å². The van der Waals surface area contributed by atoms with Crippen molar-refractivity contribution in [2.75, 3.05) is 45.8 Å². The number of hydrogen-bond donors (Lipinski definition) is 1. The first kappa shape index (κ1) is 15.3. The van der Waals surface area contributed by atoms with E-state index in [1.807, 2.05) is 0 Å². The van der Waals surface area contributed by atoms with Crippen molar-refractivity contribution in [3.63, 3.8) is 0 Å². The summed E-state index contributed by atoms with van der Waals surface area (Å²) < 4.78 is 0. The third-order valence-corrected chi connectivity index (χ3v) is 4.95. The summed E-state index contributed by atoms with van der Waals surface area (Å²) >= 11 is 0. The van der Waals surface area contributed by atoms with E-state index in [4.69, 9.17) is 5.73 Å². The first-order valence-electron chi connectivity index (χ1n) is 8.33. The van der Waals surface area contributed by atoms with E-state index in [9.17, 15) is 0 Å². The van der Waals surface area contributed by atoms with Crippen molar-refractivity contribution in [1.29, 1.82) is 0 Å². The van der Waals surface area contributed by atoms with E-state index < -0.39 is 0 Å². The zero-order chi connectivity index (χ0) is 13.7. The van der Waals surface area contributed by atoms with Crippen LogP contribution in [0.5, 0.6) is 0 Å². The first-order chi connectivity index (χ1) is 9.19. The Morgan fingerprint density at radius 2 is 1.53 bits per heavy atom. The van der Waals surface area contributed by atoms with Crippen molar-refractivity contribution < 1.29 is 0 Å². The van der Waals surface area contributed by atoms with Gasteiger partial charge in [0.15, 0.2) is 0 Å². The van der Waals surface area contributed by atoms with Gasteiger partial charge < -0.3 is 15.5 Å². The zero-order valence-electron chi connectivity index (χ0n) is 13.0. The van der Waals surface area contributed by atoms with Crippen molar-refractivity contribution in [2.24, 2.45) is 23.5 Å². The SMILES string of the molecule is CC(C)CN1CCN(CC2CCCCC2CN)CC1. The largest absolute Gasteiger partial charge is 0.330 e. The van der Waals surface area contributed by atoms with Crippen LogP contribution in [0.25, 0.3) is 0 Å². The normalized spacial score (nSPS) is 30.9. The Hall–Kier alpha value is -0.120. The van der Waals surface area contributed by atoms with Gasteiger partial charge in [-0.05, 0) is 37.1 Å². The second-order valence-electron chi connectivity index (χ2n) is 7.04. The molecule has 19 heavy (non-hydrogen) atoms. The summed E-state index contributed by atoms with van der Waals surface area (Å²) in [5, 5.41) is 0. The Morgan fingerprint density at radius 3 is 2.11 bits per heavy atom. The Kier molecular flexibility index (Phi) is 6.11. The lowest BCUT2D eigenvalue weighted by Gasteiger charge is -2.40. The number of hydrogen-bond acceptors (Lipinski definition) is 3. The lowest BCUT2D eigenvalue weighted by atomic mass is 9.79. The lowest BCUT2D eigenvalue weighted by Crippen LogP contribution is -2.49. The summed E-state index contributed by atoms with van der Waals surface area (Å²) in [6.45, 7) is 13.2. The standard InChI is InChI=1S/C16H33N3/c1-14(2)12-18-7-9-19(10-8-18)13-16-6-4-3-5-15(16)11-17/h14-16H,3-13,17H2,1-2H3. The second-order valence-corrected chi connectivity index (χ2v) is 7.04. The highest BCUT2D eigenvalue weighted by Crippen LogP contribution is 2.30. The van der Waals surface area contributed by atoms with Crippen molar-refractivity contribution in [1.82, 2.24) is 9.80 Å². The molecule has 1 aliphatic heterocycles. The number of piperazine rings is 1. The van der Waals surface area contributed by atoms with Gasteiger partial charge in [0.25, 0.3) is 0 Å². The van der Waals surface area contributed by atoms with Gasteiger partial charge in [0.1, 0.15) is 0 Å². The van der Waals surface area contributed by atoms with E-state index in [0.29, 0.717) is 0 Å². The molecule has 3 nitrogen and oxygen atoms in total. The summed E-state index contributed by atoms with van der Waals surface area (Å²) in [5.41, 5.74) is 5.95. The molecule has 2 N–H and O–H groups in total. The third kappa shape index (κ3) is 4.73. The molecule has 2 atom stereocenters. The minimum Gasteiger partial charge on any atom is -0.330 e. The summed E-state index contributed by atoms with van der Waals surface area (Å²) in [6, 6.07) is 0. The van der Waals surface area contributed by atoms with E-state index in [-0.39, 0.29) is 0 Å². The Morgan fingerprint density at radius 1 is 0.947 bits per heavy atom. The fraction of sp³-hybridized carbons (Fsp3) is 1.00. The van der Waals surface area contributed by atoms with Crippen LogP contribution in [-0.2, 0) is 0 Å². The average Bonchev–Trinajstić information content (AvgIpc) is 2.41. The molecule has 1 saturated carbocycles. The van der Waals surface area contributed by atoms with Gasteiger partial charge in [-0.1, -0.05) is 26.7 Å². The maximum Gasteiger partial charge on any atom is 0.0110 e. The summed E-state index contributed by atoms with van der Waals surface area (Å²) in [4.78, 5) is 5.32. The van der Waals surface area contributed by atoms with Gasteiger partial charge in [-0.15, -0.1) is 0 Å². The summed E-state index contributed by atoms with van der Waals surface area (Å²) in [7, 11) is 0. The van der Waals surface area contributed by atoms with Crippen molar-refractivity contribution in [2.45, 2.75) is 39.5 Å². The Balaban J connectivity index is 1.72. The van der Waals surface area contributed by atoms with Crippen molar-refractivity contribution in [3.8, 4) is 0 Å². The van der Waals surface area contributed by atoms with Crippen LogP contribution in [0.2, 0.25) is 0 Å². The molecule has 1 aliphatic carbocycles. The zero-order valence-corrected chi connectivity index (χ0v) is 13.0. The monoisotopic (exact) mass is 267 g/mol. The van der Waals surface area contributed by atoms with Gasteiger partial charge in [-0.25, -0.2) is 0 Å². The van der Waals surface area contributed by atoms with Crippen LogP contribution in [0.15, 0.2) is 0 Å². The highest BCUT2D eigenvalue weighted by atomic mass is 15.3. The number of nitrogens with two attached hydrogens (primary N) is 1. The molecule has 2 rings (SSSR count). The van der Waals surface area contributed by atoms with Crippen LogP contribution in [0.3, 0.4) is 0 Å². The molecule has 2 fully saturated rings. The predicted molar refractivity (Wildman–Crippen MR) is 82.2 cm³/mol. The highest BCUT2D eigenvalue weighted by Gasteiger charge is 2.27. The lowest BCUT2D eigenvalue weighted by molar-refractivity contribution is 0.0876. The predicted octanol–water partition coefficient (Wildman–Crippen LogP) is 2.03. The van der Waals surface area contributed by atoms with E-state index in [2.05, 4.69) is 23.6 Å². The number of nitrogens with zero attached hydrogens (tertiary/aromatic N) is 2. The van der Waals surface area contributed by atoms with E-state index in [0.717, 1.165) is 24.3 Å². The molecule has 0 bridgehead atoms. The van der Waals surface area contributed by atoms with Crippen LogP contribution in [0.1, 0.15) is 39.5 Å². The molecular weight excluding hydrogens is 234 g/mol. The van der Waals surface area contributed by atoms with Gasteiger partial charge in [0, 0.05) is 39.3 Å². The molecule has 1 saturated heterocycles. The molecular formula is C16H33N3. The first-order valence-corrected chi connectivity index (χ1v) is 8.33. The highest BCUT2D eigenvalue weighted by molar-refractivity contribution is 4.81. The van der Waals surface area contributed by atoms with Crippen molar-refractivity contribution in [3.05, 3.63) is 0 Å². The van der Waals surface area contributed by atoms with E-state index in [1.54, 1.807) is 0 Å². The van der Waals surface area contributed by atoms with Crippen LogP contribution in [0.4, 0.5) is 0 Å². The average molecular weight is 267 g/mol. The minimum atomic E-state index is 0.794. The van der Waals surface area contributed by atoms with E-state index in [1.165, 1.54) is 65.0 Å². The van der Waals surface area contributed by atoms with Gasteiger partial charge in [-0.2, -0.15) is 0 Å². The molecule has 2 aliphatic rings. The molecule has 0 amide bonds. The van der Waals surface area contributed by atoms with Crippen LogP contribution in [0, 0.1) is 17.8 Å². The summed E-state index contributed by atoms with van der Waals surface area (Å²) in [5.74, 6) is 2.46. The summed E-state index contributed by atoms with van der Waals surface area (Å²) in [6.07, 6.45) is 5.61. The minimum absolute atomic E-state index is 0.794. The van der Waals surface area contributed by atoms with Crippen LogP contribution < -0.4 is 5.73 Å². The molecule has 3 heteroatoms. The Bertz CT molecular complexity index is 246. The quantitative estimate of drug-likeness (QED) is 0.827. The van der Waals surface area contributed by atoms with E-state index >= 15 is 0 Å². The Labute approximate surface area is 119 Å². The fourth-order valence-corrected chi connectivity index (χ4v) is 3.84.